The second-order valence-electron chi connectivity index (χ2n) is 4.91. The van der Waals surface area contributed by atoms with Crippen LogP contribution in [0.1, 0.15) is 33.1 Å². The maximum absolute atomic E-state index is 6.15. The summed E-state index contributed by atoms with van der Waals surface area (Å²) in [5, 5.41) is 0. The molecule has 0 heterocycles. The molecule has 0 spiro atoms. The van der Waals surface area contributed by atoms with E-state index in [1.54, 1.807) is 0 Å². The van der Waals surface area contributed by atoms with E-state index in [2.05, 4.69) is 30.9 Å². The van der Waals surface area contributed by atoms with Gasteiger partial charge < -0.3 is 15.4 Å². The number of ether oxygens (including phenoxy) is 1. The summed E-state index contributed by atoms with van der Waals surface area (Å²) in [5.41, 5.74) is 7.29. The van der Waals surface area contributed by atoms with E-state index in [9.17, 15) is 0 Å². The van der Waals surface area contributed by atoms with Crippen LogP contribution in [-0.2, 0) is 0 Å². The van der Waals surface area contributed by atoms with Crippen molar-refractivity contribution in [2.24, 2.45) is 5.73 Å². The molecule has 0 bridgehead atoms. The molecule has 1 aromatic carbocycles. The third kappa shape index (κ3) is 4.22. The topological polar surface area (TPSA) is 38.5 Å². The minimum absolute atomic E-state index is 0.0994. The standard InChI is InChI=1S/C15H26N2O/c1-5-8-14(16)15(6-2)18-13-10-7-9-12(11-13)17(3)4/h7,9-11,14-15H,5-6,8,16H2,1-4H3. The second-order valence-corrected chi connectivity index (χ2v) is 4.91. The van der Waals surface area contributed by atoms with Crippen molar-refractivity contribution in [2.75, 3.05) is 19.0 Å². The minimum Gasteiger partial charge on any atom is -0.489 e. The fourth-order valence-electron chi connectivity index (χ4n) is 2.00. The van der Waals surface area contributed by atoms with Gasteiger partial charge in [0.2, 0.25) is 0 Å². The first kappa shape index (κ1) is 14.8. The van der Waals surface area contributed by atoms with Crippen molar-refractivity contribution in [3.63, 3.8) is 0 Å². The summed E-state index contributed by atoms with van der Waals surface area (Å²) >= 11 is 0. The average molecular weight is 250 g/mol. The van der Waals surface area contributed by atoms with Gasteiger partial charge in [-0.25, -0.2) is 0 Å². The lowest BCUT2D eigenvalue weighted by molar-refractivity contribution is 0.161. The van der Waals surface area contributed by atoms with Gasteiger partial charge in [-0.05, 0) is 25.0 Å². The highest BCUT2D eigenvalue weighted by molar-refractivity contribution is 5.49. The lowest BCUT2D eigenvalue weighted by atomic mass is 10.0. The van der Waals surface area contributed by atoms with Gasteiger partial charge in [-0.3, -0.25) is 0 Å². The largest absolute Gasteiger partial charge is 0.489 e. The number of rotatable bonds is 7. The van der Waals surface area contributed by atoms with E-state index in [0.29, 0.717) is 0 Å². The Bertz CT molecular complexity index is 352. The molecule has 2 N–H and O–H groups in total. The zero-order chi connectivity index (χ0) is 13.5. The molecule has 0 fully saturated rings. The molecule has 1 rings (SSSR count). The van der Waals surface area contributed by atoms with Crippen LogP contribution in [-0.4, -0.2) is 26.2 Å². The fraction of sp³-hybridized carbons (Fsp3) is 0.600. The number of hydrogen-bond donors (Lipinski definition) is 1. The molecule has 1 aromatic rings. The van der Waals surface area contributed by atoms with E-state index in [1.807, 2.05) is 26.2 Å². The van der Waals surface area contributed by atoms with Gasteiger partial charge >= 0.3 is 0 Å². The van der Waals surface area contributed by atoms with Gasteiger partial charge in [0.1, 0.15) is 11.9 Å². The molecule has 0 aliphatic carbocycles. The number of benzene rings is 1. The monoisotopic (exact) mass is 250 g/mol. The van der Waals surface area contributed by atoms with Crippen LogP contribution in [0.25, 0.3) is 0 Å². The third-order valence-electron chi connectivity index (χ3n) is 3.12. The molecule has 0 saturated carbocycles. The Morgan fingerprint density at radius 2 is 2.00 bits per heavy atom. The molecule has 2 atom stereocenters. The van der Waals surface area contributed by atoms with Crippen molar-refractivity contribution in [1.82, 2.24) is 0 Å². The van der Waals surface area contributed by atoms with Crippen LogP contribution < -0.4 is 15.4 Å². The molecule has 2 unspecified atom stereocenters. The highest BCUT2D eigenvalue weighted by atomic mass is 16.5. The normalized spacial score (nSPS) is 14.1. The zero-order valence-electron chi connectivity index (χ0n) is 12.0. The van der Waals surface area contributed by atoms with E-state index >= 15 is 0 Å². The first-order chi connectivity index (χ1) is 8.58. The quantitative estimate of drug-likeness (QED) is 0.808. The van der Waals surface area contributed by atoms with Gasteiger partial charge in [-0.1, -0.05) is 26.3 Å². The Morgan fingerprint density at radius 1 is 1.28 bits per heavy atom. The first-order valence-corrected chi connectivity index (χ1v) is 6.78. The molecule has 0 aliphatic rings. The maximum atomic E-state index is 6.15. The number of nitrogens with two attached hydrogens (primary N) is 1. The maximum Gasteiger partial charge on any atom is 0.121 e. The number of nitrogens with zero attached hydrogens (tertiary/aromatic N) is 1. The molecule has 3 heteroatoms. The van der Waals surface area contributed by atoms with Crippen LogP contribution in [0, 0.1) is 0 Å². The zero-order valence-corrected chi connectivity index (χ0v) is 12.0. The Kier molecular flexibility index (Phi) is 5.99. The molecule has 3 nitrogen and oxygen atoms in total. The Labute approximate surface area is 111 Å². The molecule has 0 radical (unpaired) electrons. The van der Waals surface area contributed by atoms with Crippen LogP contribution in [0.5, 0.6) is 5.75 Å². The van der Waals surface area contributed by atoms with Crippen molar-refractivity contribution >= 4 is 5.69 Å². The highest BCUT2D eigenvalue weighted by Gasteiger charge is 2.17. The summed E-state index contributed by atoms with van der Waals surface area (Å²) in [4.78, 5) is 2.07. The van der Waals surface area contributed by atoms with Crippen molar-refractivity contribution in [2.45, 2.75) is 45.3 Å². The van der Waals surface area contributed by atoms with Crippen LogP contribution >= 0.6 is 0 Å². The molecule has 102 valence electrons. The van der Waals surface area contributed by atoms with Crippen molar-refractivity contribution in [1.29, 1.82) is 0 Å². The first-order valence-electron chi connectivity index (χ1n) is 6.78. The van der Waals surface area contributed by atoms with E-state index < -0.39 is 0 Å². The predicted octanol–water partition coefficient (Wildman–Crippen LogP) is 3.04. The van der Waals surface area contributed by atoms with Crippen LogP contribution in [0.15, 0.2) is 24.3 Å². The lowest BCUT2D eigenvalue weighted by Crippen LogP contribution is -2.38. The number of anilines is 1. The van der Waals surface area contributed by atoms with Gasteiger partial charge in [0, 0.05) is 31.9 Å². The van der Waals surface area contributed by atoms with E-state index in [1.165, 1.54) is 0 Å². The van der Waals surface area contributed by atoms with Gasteiger partial charge in [-0.15, -0.1) is 0 Å². The molecule has 0 aliphatic heterocycles. The average Bonchev–Trinajstić information content (AvgIpc) is 2.36. The molecular weight excluding hydrogens is 224 g/mol. The van der Waals surface area contributed by atoms with E-state index in [-0.39, 0.29) is 12.1 Å². The highest BCUT2D eigenvalue weighted by Crippen LogP contribution is 2.22. The molecule has 18 heavy (non-hydrogen) atoms. The Hall–Kier alpha value is -1.22. The number of hydrogen-bond acceptors (Lipinski definition) is 3. The third-order valence-corrected chi connectivity index (χ3v) is 3.12. The fourth-order valence-corrected chi connectivity index (χ4v) is 2.00. The van der Waals surface area contributed by atoms with Crippen molar-refractivity contribution in [3.8, 4) is 5.75 Å². The van der Waals surface area contributed by atoms with Gasteiger partial charge in [-0.2, -0.15) is 0 Å². The second kappa shape index (κ2) is 7.27. The van der Waals surface area contributed by atoms with Gasteiger partial charge in [0.05, 0.1) is 0 Å². The summed E-state index contributed by atoms with van der Waals surface area (Å²) in [7, 11) is 4.05. The Morgan fingerprint density at radius 3 is 2.56 bits per heavy atom. The summed E-state index contributed by atoms with van der Waals surface area (Å²) in [5.74, 6) is 0.902. The van der Waals surface area contributed by atoms with Crippen LogP contribution in [0.4, 0.5) is 5.69 Å². The summed E-state index contributed by atoms with van der Waals surface area (Å²) < 4.78 is 6.02. The molecule has 0 aromatic heterocycles. The smallest absolute Gasteiger partial charge is 0.121 e. The summed E-state index contributed by atoms with van der Waals surface area (Å²) in [6, 6.07) is 8.25. The van der Waals surface area contributed by atoms with Crippen molar-refractivity contribution in [3.05, 3.63) is 24.3 Å². The molecule has 0 saturated heterocycles. The lowest BCUT2D eigenvalue weighted by Gasteiger charge is -2.24. The minimum atomic E-state index is 0.0994. The SMILES string of the molecule is CCCC(N)C(CC)Oc1cccc(N(C)C)c1. The molecule has 0 amide bonds. The van der Waals surface area contributed by atoms with Gasteiger partial charge in [0.25, 0.3) is 0 Å². The predicted molar refractivity (Wildman–Crippen MR) is 78.4 cm³/mol. The molecular formula is C15H26N2O. The van der Waals surface area contributed by atoms with E-state index in [0.717, 1.165) is 30.7 Å². The summed E-state index contributed by atoms with van der Waals surface area (Å²) in [6.45, 7) is 4.27. The van der Waals surface area contributed by atoms with Gasteiger partial charge in [0.15, 0.2) is 0 Å². The van der Waals surface area contributed by atoms with Crippen LogP contribution in [0.3, 0.4) is 0 Å². The van der Waals surface area contributed by atoms with Crippen molar-refractivity contribution < 1.29 is 4.74 Å². The van der Waals surface area contributed by atoms with Crippen LogP contribution in [0.2, 0.25) is 0 Å². The summed E-state index contributed by atoms with van der Waals surface area (Å²) in [6.07, 6.45) is 3.14. The Balaban J connectivity index is 2.72. The van der Waals surface area contributed by atoms with E-state index in [4.69, 9.17) is 10.5 Å².